The summed E-state index contributed by atoms with van der Waals surface area (Å²) < 4.78 is 42.9. The molecule has 34 heavy (non-hydrogen) atoms. The molecule has 0 aromatic carbocycles. The summed E-state index contributed by atoms with van der Waals surface area (Å²) in [6.07, 6.45) is 4.15. The topological polar surface area (TPSA) is 88.3 Å². The summed E-state index contributed by atoms with van der Waals surface area (Å²) in [4.78, 5) is 14.9. The number of ether oxygens (including phenoxy) is 7. The minimum Gasteiger partial charge on any atom is -0.369 e. The average molecular weight is 479 g/mol. The standard InChI is InChI=1S/C26H38O8/c1-22(2)12-15-20(32-15)25(6)16(14-13-31-23(3,4)34-17(14)18-21(25)33-18)19(27)26(22,28-7)9-8-24(5)29-10-11-30-24/h8-9,14-18,20-21H,10-13H2,1-7H3/b9-8+/t14-,15+,16+,17+,18+,20-,21+,25+,26+/m0/s1. The van der Waals surface area contributed by atoms with Crippen molar-refractivity contribution in [2.75, 3.05) is 26.9 Å². The van der Waals surface area contributed by atoms with E-state index in [1.54, 1.807) is 7.11 Å². The van der Waals surface area contributed by atoms with Crippen LogP contribution in [0, 0.1) is 22.7 Å². The van der Waals surface area contributed by atoms with Crippen LogP contribution in [0.15, 0.2) is 12.2 Å². The Kier molecular flexibility index (Phi) is 4.93. The molecule has 190 valence electrons. The van der Waals surface area contributed by atoms with Gasteiger partial charge in [-0.3, -0.25) is 4.79 Å². The van der Waals surface area contributed by atoms with Gasteiger partial charge in [-0.1, -0.05) is 20.8 Å². The number of carbonyl (C=O) groups is 1. The van der Waals surface area contributed by atoms with Gasteiger partial charge >= 0.3 is 0 Å². The fraction of sp³-hybridized carbons (Fsp3) is 0.885. The Morgan fingerprint density at radius 2 is 1.62 bits per heavy atom. The summed E-state index contributed by atoms with van der Waals surface area (Å²) in [5.74, 6) is -2.12. The highest BCUT2D eigenvalue weighted by atomic mass is 16.7. The van der Waals surface area contributed by atoms with E-state index < -0.39 is 33.9 Å². The van der Waals surface area contributed by atoms with Gasteiger partial charge in [0.05, 0.1) is 44.2 Å². The predicted octanol–water partition coefficient (Wildman–Crippen LogP) is 2.63. The summed E-state index contributed by atoms with van der Waals surface area (Å²) in [6, 6.07) is 0. The maximum absolute atomic E-state index is 14.9. The first-order valence-electron chi connectivity index (χ1n) is 12.6. The van der Waals surface area contributed by atoms with Crippen molar-refractivity contribution in [3.05, 3.63) is 12.2 Å². The molecule has 8 nitrogen and oxygen atoms in total. The summed E-state index contributed by atoms with van der Waals surface area (Å²) in [6.45, 7) is 13.5. The van der Waals surface area contributed by atoms with Crippen molar-refractivity contribution in [1.82, 2.24) is 0 Å². The van der Waals surface area contributed by atoms with Crippen molar-refractivity contribution in [3.63, 3.8) is 0 Å². The average Bonchev–Trinajstić information content (AvgIpc) is 3.66. The van der Waals surface area contributed by atoms with Crippen LogP contribution in [0.25, 0.3) is 0 Å². The molecular weight excluding hydrogens is 440 g/mol. The number of carbonyl (C=O) groups excluding carboxylic acids is 1. The van der Waals surface area contributed by atoms with Crippen LogP contribution >= 0.6 is 0 Å². The molecule has 0 N–H and O–H groups in total. The highest BCUT2D eigenvalue weighted by Crippen LogP contribution is 2.66. The molecule has 6 fully saturated rings. The van der Waals surface area contributed by atoms with Gasteiger partial charge in [0.2, 0.25) is 0 Å². The van der Waals surface area contributed by atoms with E-state index in [0.29, 0.717) is 26.2 Å². The number of Topliss-reactive ketones (excluding diaryl/α,β-unsaturated/α-hetero) is 1. The number of epoxide rings is 2. The van der Waals surface area contributed by atoms with Gasteiger partial charge in [0, 0.05) is 29.8 Å². The Balaban J connectivity index is 1.46. The maximum Gasteiger partial charge on any atom is 0.185 e. The normalized spacial score (nSPS) is 52.1. The van der Waals surface area contributed by atoms with Gasteiger partial charge in [0.15, 0.2) is 17.4 Å². The minimum atomic E-state index is -1.20. The molecule has 6 aliphatic rings. The Hall–Kier alpha value is -0.870. The van der Waals surface area contributed by atoms with Gasteiger partial charge in [-0.2, -0.15) is 0 Å². The van der Waals surface area contributed by atoms with Crippen molar-refractivity contribution < 1.29 is 38.0 Å². The minimum absolute atomic E-state index is 0.0236. The van der Waals surface area contributed by atoms with Crippen molar-refractivity contribution in [3.8, 4) is 0 Å². The molecule has 0 bridgehead atoms. The predicted molar refractivity (Wildman–Crippen MR) is 120 cm³/mol. The number of fused-ring (bicyclic) bond motifs is 8. The van der Waals surface area contributed by atoms with Crippen LogP contribution in [-0.4, -0.2) is 80.4 Å². The van der Waals surface area contributed by atoms with E-state index in [4.69, 9.17) is 33.2 Å². The molecule has 9 atom stereocenters. The Morgan fingerprint density at radius 3 is 2.29 bits per heavy atom. The van der Waals surface area contributed by atoms with Gasteiger partial charge in [-0.15, -0.1) is 0 Å². The molecule has 4 heterocycles. The van der Waals surface area contributed by atoms with Crippen molar-refractivity contribution >= 4 is 5.78 Å². The van der Waals surface area contributed by atoms with E-state index in [1.807, 2.05) is 32.9 Å². The quantitative estimate of drug-likeness (QED) is 0.452. The summed E-state index contributed by atoms with van der Waals surface area (Å²) in [5, 5.41) is 0. The van der Waals surface area contributed by atoms with Gasteiger partial charge in [0.25, 0.3) is 0 Å². The third kappa shape index (κ3) is 3.12. The third-order valence-corrected chi connectivity index (χ3v) is 9.39. The van der Waals surface area contributed by atoms with Crippen LogP contribution in [0.3, 0.4) is 0 Å². The fourth-order valence-electron chi connectivity index (χ4n) is 7.48. The molecule has 0 radical (unpaired) electrons. The van der Waals surface area contributed by atoms with Crippen molar-refractivity contribution in [2.24, 2.45) is 22.7 Å². The zero-order valence-corrected chi connectivity index (χ0v) is 21.3. The van der Waals surface area contributed by atoms with Crippen LogP contribution in [0.5, 0.6) is 0 Å². The summed E-state index contributed by atoms with van der Waals surface area (Å²) in [7, 11) is 1.63. The lowest BCUT2D eigenvalue weighted by atomic mass is 9.51. The zero-order chi connectivity index (χ0) is 24.3. The largest absolute Gasteiger partial charge is 0.369 e. The van der Waals surface area contributed by atoms with Crippen LogP contribution < -0.4 is 0 Å². The molecule has 4 saturated heterocycles. The van der Waals surface area contributed by atoms with Crippen LogP contribution in [0.4, 0.5) is 0 Å². The van der Waals surface area contributed by atoms with Gasteiger partial charge in [-0.25, -0.2) is 0 Å². The van der Waals surface area contributed by atoms with Crippen LogP contribution in [0.2, 0.25) is 0 Å². The lowest BCUT2D eigenvalue weighted by molar-refractivity contribution is -0.309. The highest BCUT2D eigenvalue weighted by Gasteiger charge is 2.78. The first-order chi connectivity index (χ1) is 15.9. The molecule has 2 aliphatic carbocycles. The van der Waals surface area contributed by atoms with Gasteiger partial charge in [0.1, 0.15) is 11.7 Å². The van der Waals surface area contributed by atoms with E-state index in [2.05, 4.69) is 20.8 Å². The van der Waals surface area contributed by atoms with E-state index in [-0.39, 0.29) is 42.2 Å². The fourth-order valence-corrected chi connectivity index (χ4v) is 7.48. The van der Waals surface area contributed by atoms with E-state index in [1.165, 1.54) is 0 Å². The maximum atomic E-state index is 14.9. The Labute approximate surface area is 201 Å². The lowest BCUT2D eigenvalue weighted by Gasteiger charge is -2.55. The highest BCUT2D eigenvalue weighted by molar-refractivity contribution is 5.94. The van der Waals surface area contributed by atoms with E-state index in [0.717, 1.165) is 0 Å². The summed E-state index contributed by atoms with van der Waals surface area (Å²) in [5.41, 5.74) is -2.20. The second kappa shape index (κ2) is 7.12. The van der Waals surface area contributed by atoms with Crippen LogP contribution in [-0.2, 0) is 38.0 Å². The van der Waals surface area contributed by atoms with Gasteiger partial charge in [-0.05, 0) is 39.3 Å². The molecule has 0 amide bonds. The molecule has 8 heteroatoms. The zero-order valence-electron chi connectivity index (χ0n) is 21.3. The molecule has 4 aliphatic heterocycles. The lowest BCUT2D eigenvalue weighted by Crippen LogP contribution is -2.67. The second-order valence-corrected chi connectivity index (χ2v) is 12.4. The number of ketones is 1. The SMILES string of the molecule is CO[C@]1(/C=C/C2(C)OCCO2)C(=O)[C@H]2[C@@H]3COC(C)(C)O[C@H]3[C@H]3O[C@H]3[C@@]2(C)[C@H]2O[C@@H]2CC1(C)C. The monoisotopic (exact) mass is 478 g/mol. The third-order valence-electron chi connectivity index (χ3n) is 9.39. The molecule has 0 aromatic rings. The molecular formula is C26H38O8. The Morgan fingerprint density at radius 1 is 0.912 bits per heavy atom. The van der Waals surface area contributed by atoms with Gasteiger partial charge < -0.3 is 33.2 Å². The molecule has 0 unspecified atom stereocenters. The number of rotatable bonds is 3. The molecule has 2 saturated carbocycles. The van der Waals surface area contributed by atoms with Crippen molar-refractivity contribution in [2.45, 2.75) is 95.7 Å². The first kappa shape index (κ1) is 23.5. The molecule has 6 rings (SSSR count). The number of hydrogen-bond donors (Lipinski definition) is 0. The number of methoxy groups -OCH3 is 1. The van der Waals surface area contributed by atoms with Crippen molar-refractivity contribution in [1.29, 1.82) is 0 Å². The summed E-state index contributed by atoms with van der Waals surface area (Å²) >= 11 is 0. The Bertz CT molecular complexity index is 906. The van der Waals surface area contributed by atoms with E-state index in [9.17, 15) is 4.79 Å². The first-order valence-corrected chi connectivity index (χ1v) is 12.6. The second-order valence-electron chi connectivity index (χ2n) is 12.4. The molecule has 0 spiro atoms. The smallest absolute Gasteiger partial charge is 0.185 e. The number of hydrogen-bond acceptors (Lipinski definition) is 8. The van der Waals surface area contributed by atoms with Crippen LogP contribution in [0.1, 0.15) is 48.0 Å². The molecule has 0 aromatic heterocycles. The van der Waals surface area contributed by atoms with E-state index >= 15 is 0 Å².